The van der Waals surface area contributed by atoms with Crippen molar-refractivity contribution in [2.45, 2.75) is 6.92 Å². The number of hydrogen-bond donors (Lipinski definition) is 0. The second-order valence-electron chi connectivity index (χ2n) is 5.19. The minimum absolute atomic E-state index is 0.0648. The lowest BCUT2D eigenvalue weighted by Gasteiger charge is -2.17. The predicted octanol–water partition coefficient (Wildman–Crippen LogP) is 3.39. The Labute approximate surface area is 150 Å². The molecule has 25 heavy (non-hydrogen) atoms. The van der Waals surface area contributed by atoms with Crippen LogP contribution in [0.5, 0.6) is 11.5 Å². The van der Waals surface area contributed by atoms with Crippen LogP contribution < -0.4 is 19.3 Å². The van der Waals surface area contributed by atoms with E-state index in [1.54, 1.807) is 55.6 Å². The van der Waals surface area contributed by atoms with Gasteiger partial charge >= 0.3 is 6.03 Å². The molecule has 1 fully saturated rings. The zero-order valence-electron chi connectivity index (χ0n) is 13.8. The smallest absolute Gasteiger partial charge is 0.341 e. The highest BCUT2D eigenvalue weighted by Crippen LogP contribution is 2.29. The Morgan fingerprint density at radius 3 is 1.92 bits per heavy atom. The number of carbonyl (C=O) groups excluding carboxylic acids is 2. The fourth-order valence-electron chi connectivity index (χ4n) is 2.51. The predicted molar refractivity (Wildman–Crippen MR) is 98.6 cm³/mol. The molecule has 0 aromatic heterocycles. The molecule has 0 radical (unpaired) electrons. The number of hydrogen-bond acceptors (Lipinski definition) is 5. The number of nitrogens with zero attached hydrogens (tertiary/aromatic N) is 2. The number of thiocarbonyl (C=S) groups is 1. The van der Waals surface area contributed by atoms with Crippen molar-refractivity contribution < 1.29 is 19.1 Å². The monoisotopic (exact) mass is 356 g/mol. The van der Waals surface area contributed by atoms with E-state index < -0.39 is 11.9 Å². The first-order chi connectivity index (χ1) is 12.1. The fraction of sp³-hybridized carbons (Fsp3) is 0.167. The molecule has 7 heteroatoms. The summed E-state index contributed by atoms with van der Waals surface area (Å²) in [5, 5.41) is 0. The van der Waals surface area contributed by atoms with Crippen molar-refractivity contribution in [3.63, 3.8) is 0 Å². The molecule has 2 aromatic carbocycles. The topological polar surface area (TPSA) is 59.1 Å². The molecule has 0 bridgehead atoms. The van der Waals surface area contributed by atoms with Gasteiger partial charge in [0.1, 0.15) is 11.5 Å². The van der Waals surface area contributed by atoms with Crippen LogP contribution in [-0.4, -0.2) is 30.6 Å². The lowest BCUT2D eigenvalue weighted by Crippen LogP contribution is -2.33. The number of rotatable bonds is 5. The van der Waals surface area contributed by atoms with Crippen molar-refractivity contribution in [3.05, 3.63) is 48.5 Å². The molecular weight excluding hydrogens is 340 g/mol. The third kappa shape index (κ3) is 3.06. The van der Waals surface area contributed by atoms with Crippen LogP contribution in [0.15, 0.2) is 48.5 Å². The zero-order valence-corrected chi connectivity index (χ0v) is 14.6. The van der Waals surface area contributed by atoms with Crippen LogP contribution in [0.3, 0.4) is 0 Å². The van der Waals surface area contributed by atoms with Crippen LogP contribution in [0.4, 0.5) is 16.2 Å². The van der Waals surface area contributed by atoms with Crippen LogP contribution in [-0.2, 0) is 4.79 Å². The first kappa shape index (κ1) is 16.9. The molecule has 0 atom stereocenters. The summed E-state index contributed by atoms with van der Waals surface area (Å²) in [6.07, 6.45) is 0. The molecule has 3 amide bonds. The summed E-state index contributed by atoms with van der Waals surface area (Å²) in [4.78, 5) is 27.5. The molecule has 1 aliphatic rings. The van der Waals surface area contributed by atoms with Crippen LogP contribution in [0.1, 0.15) is 6.92 Å². The summed E-state index contributed by atoms with van der Waals surface area (Å²) in [5.41, 5.74) is 0.953. The molecule has 1 aliphatic heterocycles. The van der Waals surface area contributed by atoms with Crippen LogP contribution in [0.2, 0.25) is 0 Å². The highest BCUT2D eigenvalue weighted by atomic mass is 32.1. The van der Waals surface area contributed by atoms with Crippen LogP contribution in [0.25, 0.3) is 0 Å². The third-order valence-corrected chi connectivity index (χ3v) is 4.07. The van der Waals surface area contributed by atoms with Gasteiger partial charge in [-0.15, -0.1) is 0 Å². The molecule has 0 saturated carbocycles. The van der Waals surface area contributed by atoms with Crippen molar-refractivity contribution >= 4 is 40.5 Å². The van der Waals surface area contributed by atoms with E-state index in [-0.39, 0.29) is 4.99 Å². The molecule has 3 rings (SSSR count). The van der Waals surface area contributed by atoms with Crippen molar-refractivity contribution in [1.29, 1.82) is 0 Å². The largest absolute Gasteiger partial charge is 0.497 e. The number of methoxy groups -OCH3 is 1. The van der Waals surface area contributed by atoms with E-state index in [9.17, 15) is 9.59 Å². The quantitative estimate of drug-likeness (QED) is 0.607. The second kappa shape index (κ2) is 6.90. The normalized spacial score (nSPS) is 14.2. The summed E-state index contributed by atoms with van der Waals surface area (Å²) in [6.45, 7) is 2.43. The summed E-state index contributed by atoms with van der Waals surface area (Å²) in [5.74, 6) is 0.787. The van der Waals surface area contributed by atoms with E-state index in [0.29, 0.717) is 29.5 Å². The van der Waals surface area contributed by atoms with Gasteiger partial charge in [0.25, 0.3) is 5.91 Å². The van der Waals surface area contributed by atoms with Crippen LogP contribution in [0, 0.1) is 0 Å². The van der Waals surface area contributed by atoms with E-state index in [1.807, 2.05) is 6.92 Å². The molecule has 128 valence electrons. The van der Waals surface area contributed by atoms with Gasteiger partial charge in [-0.25, -0.2) is 14.6 Å². The van der Waals surface area contributed by atoms with Crippen molar-refractivity contribution in [2.24, 2.45) is 0 Å². The molecular formula is C18H16N2O4S. The molecule has 2 aromatic rings. The number of ether oxygens (including phenoxy) is 2. The lowest BCUT2D eigenvalue weighted by molar-refractivity contribution is -0.111. The van der Waals surface area contributed by atoms with Gasteiger partial charge in [0.2, 0.25) is 0 Å². The number of imide groups is 1. The third-order valence-electron chi connectivity index (χ3n) is 3.71. The summed E-state index contributed by atoms with van der Waals surface area (Å²) >= 11 is 5.19. The molecule has 1 saturated heterocycles. The standard InChI is InChI=1S/C18H16N2O4S/c1-3-24-15-10-6-13(7-11-15)20-17(25)16(21)19(18(20)22)12-4-8-14(23-2)9-5-12/h4-11H,3H2,1-2H3. The number of anilines is 2. The number of amides is 3. The van der Waals surface area contributed by atoms with Gasteiger partial charge in [0.05, 0.1) is 25.1 Å². The van der Waals surface area contributed by atoms with Gasteiger partial charge in [-0.1, -0.05) is 12.2 Å². The lowest BCUT2D eigenvalue weighted by atomic mass is 10.3. The number of carbonyl (C=O) groups is 2. The Hall–Kier alpha value is -2.93. The highest BCUT2D eigenvalue weighted by molar-refractivity contribution is 7.82. The van der Waals surface area contributed by atoms with Gasteiger partial charge in [0, 0.05) is 0 Å². The van der Waals surface area contributed by atoms with E-state index in [2.05, 4.69) is 0 Å². The Kier molecular flexibility index (Phi) is 4.67. The fourth-order valence-corrected chi connectivity index (χ4v) is 2.78. The number of benzene rings is 2. The summed E-state index contributed by atoms with van der Waals surface area (Å²) < 4.78 is 10.5. The Bertz CT molecular complexity index is 818. The maximum Gasteiger partial charge on any atom is 0.341 e. The maximum atomic E-state index is 12.8. The maximum absolute atomic E-state index is 12.8. The molecule has 0 N–H and O–H groups in total. The number of urea groups is 1. The first-order valence-electron chi connectivity index (χ1n) is 7.66. The highest BCUT2D eigenvalue weighted by Gasteiger charge is 2.43. The van der Waals surface area contributed by atoms with E-state index in [4.69, 9.17) is 21.7 Å². The van der Waals surface area contributed by atoms with Crippen LogP contribution >= 0.6 is 12.2 Å². The SMILES string of the molecule is CCOc1ccc(N2C(=O)N(c3ccc(OC)cc3)C(=O)C2=S)cc1. The molecule has 0 unspecified atom stereocenters. The van der Waals surface area contributed by atoms with Gasteiger partial charge in [-0.05, 0) is 55.5 Å². The second-order valence-corrected chi connectivity index (χ2v) is 5.58. The summed E-state index contributed by atoms with van der Waals surface area (Å²) in [6, 6.07) is 13.0. The van der Waals surface area contributed by atoms with E-state index in [1.165, 1.54) is 4.90 Å². The van der Waals surface area contributed by atoms with Crippen molar-refractivity contribution in [3.8, 4) is 11.5 Å². The van der Waals surface area contributed by atoms with Crippen molar-refractivity contribution in [2.75, 3.05) is 23.5 Å². The Balaban J connectivity index is 1.90. The molecule has 6 nitrogen and oxygen atoms in total. The molecule has 0 spiro atoms. The zero-order chi connectivity index (χ0) is 18.0. The van der Waals surface area contributed by atoms with Gasteiger partial charge in [-0.2, -0.15) is 0 Å². The molecule has 0 aliphatic carbocycles. The average molecular weight is 356 g/mol. The van der Waals surface area contributed by atoms with E-state index >= 15 is 0 Å². The van der Waals surface area contributed by atoms with E-state index in [0.717, 1.165) is 4.90 Å². The first-order valence-corrected chi connectivity index (χ1v) is 8.07. The molecule has 1 heterocycles. The van der Waals surface area contributed by atoms with Gasteiger partial charge in [0.15, 0.2) is 4.99 Å². The average Bonchev–Trinajstić information content (AvgIpc) is 2.85. The Morgan fingerprint density at radius 2 is 1.40 bits per heavy atom. The minimum atomic E-state index is -0.529. The van der Waals surface area contributed by atoms with Gasteiger partial charge < -0.3 is 9.47 Å². The van der Waals surface area contributed by atoms with Crippen molar-refractivity contribution in [1.82, 2.24) is 0 Å². The summed E-state index contributed by atoms with van der Waals surface area (Å²) in [7, 11) is 1.55. The minimum Gasteiger partial charge on any atom is -0.497 e. The Morgan fingerprint density at radius 1 is 0.880 bits per heavy atom. The van der Waals surface area contributed by atoms with Gasteiger partial charge in [-0.3, -0.25) is 4.79 Å².